The molecular weight excluding hydrogens is 508 g/mol. The zero-order chi connectivity index (χ0) is 27.4. The van der Waals surface area contributed by atoms with Gasteiger partial charge in [0.15, 0.2) is 0 Å². The number of nitrogens with zero attached hydrogens (tertiary/aromatic N) is 3. The van der Waals surface area contributed by atoms with Crippen LogP contribution in [0.1, 0.15) is 35.3 Å². The molecule has 0 bridgehead atoms. The molecule has 0 saturated carbocycles. The van der Waals surface area contributed by atoms with E-state index in [9.17, 15) is 9.59 Å². The molecule has 4 aromatic rings. The Hall–Kier alpha value is -4.04. The molecule has 200 valence electrons. The number of benzene rings is 3. The Bertz CT molecular complexity index is 1480. The van der Waals surface area contributed by atoms with Crippen LogP contribution in [0.3, 0.4) is 0 Å². The van der Waals surface area contributed by atoms with E-state index in [1.54, 1.807) is 12.0 Å². The van der Waals surface area contributed by atoms with Crippen molar-refractivity contribution >= 4 is 29.4 Å². The number of carbonyl (C=O) groups is 2. The molecule has 1 aromatic heterocycles. The van der Waals surface area contributed by atoms with Gasteiger partial charge in [0.2, 0.25) is 11.8 Å². The second-order valence-corrected chi connectivity index (χ2v) is 10.5. The number of fused-ring (bicyclic) bond motifs is 1. The van der Waals surface area contributed by atoms with Gasteiger partial charge >= 0.3 is 0 Å². The highest BCUT2D eigenvalue weighted by Crippen LogP contribution is 2.50. The molecule has 0 fully saturated rings. The number of ether oxygens (including phenoxy) is 1. The minimum atomic E-state index is -0.253. The van der Waals surface area contributed by atoms with Crippen molar-refractivity contribution in [1.29, 1.82) is 0 Å². The number of methoxy groups -OCH3 is 1. The molecule has 1 aliphatic heterocycles. The van der Waals surface area contributed by atoms with E-state index in [0.717, 1.165) is 45.8 Å². The third-order valence-corrected chi connectivity index (χ3v) is 8.01. The van der Waals surface area contributed by atoms with Gasteiger partial charge in [-0.1, -0.05) is 73.7 Å². The van der Waals surface area contributed by atoms with E-state index in [-0.39, 0.29) is 29.4 Å². The summed E-state index contributed by atoms with van der Waals surface area (Å²) in [6.45, 7) is 4.49. The summed E-state index contributed by atoms with van der Waals surface area (Å²) in [4.78, 5) is 28.4. The molecule has 0 spiro atoms. The van der Waals surface area contributed by atoms with Crippen LogP contribution in [-0.4, -0.2) is 47.5 Å². The summed E-state index contributed by atoms with van der Waals surface area (Å²) in [5.41, 5.74) is 5.41. The normalized spacial score (nSPS) is 15.0. The molecule has 0 radical (unpaired) electrons. The summed E-state index contributed by atoms with van der Waals surface area (Å²) in [6.07, 6.45) is 0.815. The third kappa shape index (κ3) is 5.29. The van der Waals surface area contributed by atoms with Crippen molar-refractivity contribution in [2.75, 3.05) is 30.9 Å². The van der Waals surface area contributed by atoms with Crippen LogP contribution >= 0.6 is 11.8 Å². The quantitative estimate of drug-likeness (QED) is 0.317. The van der Waals surface area contributed by atoms with Gasteiger partial charge in [0.1, 0.15) is 18.1 Å². The maximum absolute atomic E-state index is 13.8. The summed E-state index contributed by atoms with van der Waals surface area (Å²) in [7, 11) is 1.66. The first-order chi connectivity index (χ1) is 19.0. The highest BCUT2D eigenvalue weighted by Gasteiger charge is 2.38. The van der Waals surface area contributed by atoms with Gasteiger partial charge in [0, 0.05) is 23.2 Å². The maximum Gasteiger partial charge on any atom is 0.240 e. The predicted octanol–water partition coefficient (Wildman–Crippen LogP) is 5.55. The van der Waals surface area contributed by atoms with E-state index in [4.69, 9.17) is 9.84 Å². The van der Waals surface area contributed by atoms with Crippen molar-refractivity contribution < 1.29 is 14.3 Å². The fourth-order valence-electron chi connectivity index (χ4n) is 4.89. The standard InChI is InChI=1S/C31H32N4O3S/c1-4-18-32-26(36)19-34-27(37)20-39-30(23-15-9-11-17-25(23)38-3)28-29(22-13-6-5-7-14-22)33-35(31(28)34)24-16-10-8-12-21(24)2/h5-17,30H,4,18-20H2,1-3H3,(H,32,36). The number of thioether (sulfide) groups is 1. The van der Waals surface area contributed by atoms with Gasteiger partial charge in [0.05, 0.1) is 29.5 Å². The zero-order valence-electron chi connectivity index (χ0n) is 22.4. The largest absolute Gasteiger partial charge is 0.496 e. The molecule has 1 unspecified atom stereocenters. The lowest BCUT2D eigenvalue weighted by Crippen LogP contribution is -2.42. The molecule has 2 heterocycles. The number of para-hydroxylation sites is 2. The smallest absolute Gasteiger partial charge is 0.240 e. The highest BCUT2D eigenvalue weighted by atomic mass is 32.2. The second kappa shape index (κ2) is 11.8. The second-order valence-electron chi connectivity index (χ2n) is 9.41. The minimum absolute atomic E-state index is 0.0865. The Balaban J connectivity index is 1.82. The summed E-state index contributed by atoms with van der Waals surface area (Å²) in [5, 5.41) is 7.84. The molecule has 39 heavy (non-hydrogen) atoms. The Kier molecular flexibility index (Phi) is 8.02. The Morgan fingerprint density at radius 2 is 1.77 bits per heavy atom. The number of amides is 2. The topological polar surface area (TPSA) is 76.5 Å². The Labute approximate surface area is 233 Å². The fourth-order valence-corrected chi connectivity index (χ4v) is 6.11. The van der Waals surface area contributed by atoms with E-state index in [0.29, 0.717) is 12.4 Å². The van der Waals surface area contributed by atoms with Crippen molar-refractivity contribution in [3.05, 3.63) is 95.6 Å². The van der Waals surface area contributed by atoms with Gasteiger partial charge in [-0.2, -0.15) is 5.10 Å². The molecule has 1 aliphatic rings. The van der Waals surface area contributed by atoms with Gasteiger partial charge in [-0.25, -0.2) is 4.68 Å². The van der Waals surface area contributed by atoms with Gasteiger partial charge in [-0.15, -0.1) is 11.8 Å². The summed E-state index contributed by atoms with van der Waals surface area (Å²) in [5.74, 6) is 1.22. The van der Waals surface area contributed by atoms with Crippen LogP contribution in [0.4, 0.5) is 5.82 Å². The van der Waals surface area contributed by atoms with E-state index >= 15 is 0 Å². The molecule has 3 aromatic carbocycles. The predicted molar refractivity (Wildman–Crippen MR) is 157 cm³/mol. The lowest BCUT2D eigenvalue weighted by molar-refractivity contribution is -0.122. The van der Waals surface area contributed by atoms with Crippen LogP contribution in [0.15, 0.2) is 78.9 Å². The number of hydrogen-bond acceptors (Lipinski definition) is 5. The molecule has 7 nitrogen and oxygen atoms in total. The zero-order valence-corrected chi connectivity index (χ0v) is 23.2. The first-order valence-electron chi connectivity index (χ1n) is 13.1. The van der Waals surface area contributed by atoms with Crippen molar-refractivity contribution in [2.24, 2.45) is 0 Å². The van der Waals surface area contributed by atoms with Crippen molar-refractivity contribution in [1.82, 2.24) is 15.1 Å². The van der Waals surface area contributed by atoms with Crippen LogP contribution in [0.2, 0.25) is 0 Å². The highest BCUT2D eigenvalue weighted by molar-refractivity contribution is 8.00. The number of carbonyl (C=O) groups excluding carboxylic acids is 2. The number of hydrogen-bond donors (Lipinski definition) is 1. The van der Waals surface area contributed by atoms with Crippen molar-refractivity contribution in [2.45, 2.75) is 25.5 Å². The monoisotopic (exact) mass is 540 g/mol. The van der Waals surface area contributed by atoms with Crippen LogP contribution in [0.25, 0.3) is 16.9 Å². The van der Waals surface area contributed by atoms with Gasteiger partial charge < -0.3 is 10.1 Å². The number of aromatic nitrogens is 2. The fraction of sp³-hybridized carbons (Fsp3) is 0.258. The number of anilines is 1. The third-order valence-electron chi connectivity index (χ3n) is 6.78. The SMILES string of the molecule is CCCNC(=O)CN1C(=O)CSC(c2ccccc2OC)c2c(-c3ccccc3)nn(-c3ccccc3C)c21. The lowest BCUT2D eigenvalue weighted by atomic mass is 9.99. The maximum atomic E-state index is 13.8. The molecular formula is C31H32N4O3S. The summed E-state index contributed by atoms with van der Waals surface area (Å²) >= 11 is 1.53. The molecule has 0 saturated heterocycles. The van der Waals surface area contributed by atoms with Crippen LogP contribution in [0.5, 0.6) is 5.75 Å². The molecule has 2 amide bonds. The molecule has 8 heteroatoms. The number of rotatable bonds is 8. The first-order valence-corrected chi connectivity index (χ1v) is 14.1. The van der Waals surface area contributed by atoms with Crippen LogP contribution in [0, 0.1) is 6.92 Å². The van der Waals surface area contributed by atoms with Gasteiger partial charge in [-0.05, 0) is 31.0 Å². The van der Waals surface area contributed by atoms with Crippen molar-refractivity contribution in [3.63, 3.8) is 0 Å². The number of nitrogens with one attached hydrogen (secondary N) is 1. The average Bonchev–Trinajstić information content (AvgIpc) is 3.29. The molecule has 0 aliphatic carbocycles. The van der Waals surface area contributed by atoms with E-state index in [1.165, 1.54) is 11.8 Å². The number of aryl methyl sites for hydroxylation is 1. The molecule has 1 N–H and O–H groups in total. The minimum Gasteiger partial charge on any atom is -0.496 e. The van der Waals surface area contributed by atoms with Crippen molar-refractivity contribution in [3.8, 4) is 22.7 Å². The van der Waals surface area contributed by atoms with E-state index in [1.807, 2.05) is 97.4 Å². The van der Waals surface area contributed by atoms with Gasteiger partial charge in [0.25, 0.3) is 0 Å². The van der Waals surface area contributed by atoms with Gasteiger partial charge in [-0.3, -0.25) is 14.5 Å². The average molecular weight is 541 g/mol. The van der Waals surface area contributed by atoms with E-state index in [2.05, 4.69) is 5.32 Å². The molecule has 5 rings (SSSR count). The Morgan fingerprint density at radius 3 is 2.51 bits per heavy atom. The van der Waals surface area contributed by atoms with E-state index < -0.39 is 0 Å². The lowest BCUT2D eigenvalue weighted by Gasteiger charge is -2.24. The van der Waals surface area contributed by atoms with Crippen LogP contribution < -0.4 is 15.0 Å². The summed E-state index contributed by atoms with van der Waals surface area (Å²) < 4.78 is 7.61. The van der Waals surface area contributed by atoms with Crippen LogP contribution in [-0.2, 0) is 9.59 Å². The Morgan fingerprint density at radius 1 is 1.05 bits per heavy atom. The molecule has 1 atom stereocenters. The first kappa shape index (κ1) is 26.6. The summed E-state index contributed by atoms with van der Waals surface area (Å²) in [6, 6.07) is 25.8.